The van der Waals surface area contributed by atoms with Crippen molar-refractivity contribution < 1.29 is 13.6 Å². The molecule has 0 radical (unpaired) electrons. The van der Waals surface area contributed by atoms with E-state index in [9.17, 15) is 13.6 Å². The molecule has 3 aromatic rings. The lowest BCUT2D eigenvalue weighted by Gasteiger charge is -2.10. The minimum absolute atomic E-state index is 0.00882. The fourth-order valence-corrected chi connectivity index (χ4v) is 2.45. The van der Waals surface area contributed by atoms with Crippen LogP contribution in [0.25, 0.3) is 0 Å². The maximum Gasteiger partial charge on any atom is 0.270 e. The Hall–Kier alpha value is -3.06. The van der Waals surface area contributed by atoms with Gasteiger partial charge in [0.25, 0.3) is 5.91 Å². The van der Waals surface area contributed by atoms with Crippen molar-refractivity contribution in [2.75, 3.05) is 5.32 Å². The highest BCUT2D eigenvalue weighted by Gasteiger charge is 2.12. The molecule has 5 nitrogen and oxygen atoms in total. The molecule has 0 bridgehead atoms. The number of benzene rings is 2. The number of hydrogen-bond donors (Lipinski definition) is 2. The molecule has 0 aliphatic rings. The number of nitrogens with zero attached hydrogens (tertiary/aromatic N) is 2. The van der Waals surface area contributed by atoms with Crippen LogP contribution in [0.15, 0.2) is 48.5 Å². The van der Waals surface area contributed by atoms with Gasteiger partial charge in [-0.25, -0.2) is 18.7 Å². The Balaban J connectivity index is 1.73. The molecule has 1 aromatic heterocycles. The maximum atomic E-state index is 13.8. The molecule has 0 saturated heterocycles. The number of amides is 1. The van der Waals surface area contributed by atoms with E-state index in [1.54, 1.807) is 31.2 Å². The van der Waals surface area contributed by atoms with Crippen LogP contribution in [0.4, 0.5) is 20.4 Å². The van der Waals surface area contributed by atoms with Gasteiger partial charge in [-0.05, 0) is 42.8 Å². The van der Waals surface area contributed by atoms with E-state index >= 15 is 0 Å². The second-order valence-corrected chi connectivity index (χ2v) is 6.21. The average Bonchev–Trinajstić information content (AvgIpc) is 2.63. The molecule has 1 amide bonds. The molecule has 138 valence electrons. The summed E-state index contributed by atoms with van der Waals surface area (Å²) < 4.78 is 26.8. The molecule has 27 heavy (non-hydrogen) atoms. The highest BCUT2D eigenvalue weighted by Crippen LogP contribution is 2.19. The zero-order valence-electron chi connectivity index (χ0n) is 14.3. The SMILES string of the molecule is Cc1cc(C(=O)NCc2ccc(Cl)cc2)nc(Nc2ccc(F)cc2F)n1. The van der Waals surface area contributed by atoms with Crippen LogP contribution in [0, 0.1) is 18.6 Å². The smallest absolute Gasteiger partial charge is 0.270 e. The highest BCUT2D eigenvalue weighted by atomic mass is 35.5. The number of nitrogens with one attached hydrogen (secondary N) is 2. The Morgan fingerprint density at radius 1 is 1.07 bits per heavy atom. The molecule has 0 spiro atoms. The number of rotatable bonds is 5. The number of hydrogen-bond acceptors (Lipinski definition) is 4. The van der Waals surface area contributed by atoms with Crippen molar-refractivity contribution in [2.24, 2.45) is 0 Å². The van der Waals surface area contributed by atoms with Crippen LogP contribution in [-0.4, -0.2) is 15.9 Å². The topological polar surface area (TPSA) is 66.9 Å². The van der Waals surface area contributed by atoms with Crippen LogP contribution >= 0.6 is 11.6 Å². The summed E-state index contributed by atoms with van der Waals surface area (Å²) in [6.07, 6.45) is 0. The van der Waals surface area contributed by atoms with E-state index in [1.807, 2.05) is 0 Å². The predicted octanol–water partition coefficient (Wildman–Crippen LogP) is 4.39. The predicted molar refractivity (Wildman–Crippen MR) is 99.0 cm³/mol. The maximum absolute atomic E-state index is 13.8. The first-order valence-corrected chi connectivity index (χ1v) is 8.39. The van der Waals surface area contributed by atoms with Crippen molar-refractivity contribution >= 4 is 29.1 Å². The summed E-state index contributed by atoms with van der Waals surface area (Å²) in [6, 6.07) is 11.7. The first kappa shape index (κ1) is 18.7. The van der Waals surface area contributed by atoms with Crippen LogP contribution in [0.1, 0.15) is 21.7 Å². The van der Waals surface area contributed by atoms with Crippen molar-refractivity contribution in [1.82, 2.24) is 15.3 Å². The molecule has 1 heterocycles. The van der Waals surface area contributed by atoms with Crippen LogP contribution in [0.5, 0.6) is 0 Å². The molecular formula is C19H15ClF2N4O. The Kier molecular flexibility index (Phi) is 5.61. The Morgan fingerprint density at radius 2 is 1.81 bits per heavy atom. The molecule has 0 fully saturated rings. The van der Waals surface area contributed by atoms with Crippen molar-refractivity contribution in [2.45, 2.75) is 13.5 Å². The third-order valence-corrected chi connectivity index (χ3v) is 3.88. The minimum atomic E-state index is -0.783. The van der Waals surface area contributed by atoms with E-state index in [0.717, 1.165) is 17.7 Å². The zero-order valence-corrected chi connectivity index (χ0v) is 15.0. The molecule has 2 N–H and O–H groups in total. The van der Waals surface area contributed by atoms with Gasteiger partial charge in [0, 0.05) is 23.3 Å². The van der Waals surface area contributed by atoms with Crippen LogP contribution in [0.3, 0.4) is 0 Å². The normalized spacial score (nSPS) is 10.5. The summed E-state index contributed by atoms with van der Waals surface area (Å²) in [6.45, 7) is 1.98. The van der Waals surface area contributed by atoms with Gasteiger partial charge in [-0.2, -0.15) is 0 Å². The summed E-state index contributed by atoms with van der Waals surface area (Å²) in [5.41, 5.74) is 1.54. The standard InChI is InChI=1S/C19H15ClF2N4O/c1-11-8-17(18(27)23-10-12-2-4-13(20)5-3-12)26-19(24-11)25-16-7-6-14(21)9-15(16)22/h2-9H,10H2,1H3,(H,23,27)(H,24,25,26). The second-order valence-electron chi connectivity index (χ2n) is 5.78. The second kappa shape index (κ2) is 8.09. The van der Waals surface area contributed by atoms with E-state index < -0.39 is 17.5 Å². The van der Waals surface area contributed by atoms with Crippen LogP contribution < -0.4 is 10.6 Å². The van der Waals surface area contributed by atoms with Gasteiger partial charge in [0.05, 0.1) is 5.69 Å². The fourth-order valence-electron chi connectivity index (χ4n) is 2.33. The van der Waals surface area contributed by atoms with Crippen molar-refractivity contribution in [3.05, 3.63) is 82.1 Å². The quantitative estimate of drug-likeness (QED) is 0.680. The lowest BCUT2D eigenvalue weighted by Crippen LogP contribution is -2.24. The van der Waals surface area contributed by atoms with E-state index in [1.165, 1.54) is 12.1 Å². The first-order valence-electron chi connectivity index (χ1n) is 8.01. The summed E-state index contributed by atoms with van der Waals surface area (Å²) in [5.74, 6) is -1.84. The molecule has 3 rings (SSSR count). The molecule has 2 aromatic carbocycles. The summed E-state index contributed by atoms with van der Waals surface area (Å²) in [7, 11) is 0. The zero-order chi connectivity index (χ0) is 19.4. The Bertz CT molecular complexity index is 980. The molecule has 0 saturated carbocycles. The molecule has 8 heteroatoms. The van der Waals surface area contributed by atoms with Crippen LogP contribution in [0.2, 0.25) is 5.02 Å². The van der Waals surface area contributed by atoms with E-state index in [4.69, 9.17) is 11.6 Å². The van der Waals surface area contributed by atoms with Gasteiger partial charge in [0.15, 0.2) is 0 Å². The number of aromatic nitrogens is 2. The molecule has 0 atom stereocenters. The van der Waals surface area contributed by atoms with E-state index in [0.29, 0.717) is 17.3 Å². The number of aryl methyl sites for hydroxylation is 1. The van der Waals surface area contributed by atoms with Gasteiger partial charge in [-0.3, -0.25) is 4.79 Å². The largest absolute Gasteiger partial charge is 0.347 e. The monoisotopic (exact) mass is 388 g/mol. The van der Waals surface area contributed by atoms with E-state index in [-0.39, 0.29) is 17.3 Å². The summed E-state index contributed by atoms with van der Waals surface area (Å²) >= 11 is 5.83. The fraction of sp³-hybridized carbons (Fsp3) is 0.105. The van der Waals surface area contributed by atoms with Crippen molar-refractivity contribution in [3.63, 3.8) is 0 Å². The third kappa shape index (κ3) is 4.98. The number of carbonyl (C=O) groups is 1. The Labute approximate surface area is 159 Å². The van der Waals surface area contributed by atoms with Gasteiger partial charge in [0.1, 0.15) is 17.3 Å². The molecule has 0 unspecified atom stereocenters. The molecule has 0 aliphatic heterocycles. The third-order valence-electron chi connectivity index (χ3n) is 3.63. The molecule has 0 aliphatic carbocycles. The van der Waals surface area contributed by atoms with Gasteiger partial charge >= 0.3 is 0 Å². The minimum Gasteiger partial charge on any atom is -0.347 e. The Morgan fingerprint density at radius 3 is 2.52 bits per heavy atom. The summed E-state index contributed by atoms with van der Waals surface area (Å²) in [5, 5.41) is 6.02. The average molecular weight is 389 g/mol. The number of anilines is 2. The first-order chi connectivity index (χ1) is 12.9. The van der Waals surface area contributed by atoms with E-state index in [2.05, 4.69) is 20.6 Å². The highest BCUT2D eigenvalue weighted by molar-refractivity contribution is 6.30. The number of carbonyl (C=O) groups excluding carboxylic acids is 1. The van der Waals surface area contributed by atoms with Crippen molar-refractivity contribution in [1.29, 1.82) is 0 Å². The number of halogens is 3. The molecular weight excluding hydrogens is 374 g/mol. The summed E-state index contributed by atoms with van der Waals surface area (Å²) in [4.78, 5) is 20.6. The van der Waals surface area contributed by atoms with Gasteiger partial charge in [-0.1, -0.05) is 23.7 Å². The van der Waals surface area contributed by atoms with Crippen molar-refractivity contribution in [3.8, 4) is 0 Å². The lowest BCUT2D eigenvalue weighted by atomic mass is 10.2. The lowest BCUT2D eigenvalue weighted by molar-refractivity contribution is 0.0945. The van der Waals surface area contributed by atoms with Crippen LogP contribution in [-0.2, 0) is 6.54 Å². The van der Waals surface area contributed by atoms with Gasteiger partial charge in [-0.15, -0.1) is 0 Å². The van der Waals surface area contributed by atoms with Gasteiger partial charge < -0.3 is 10.6 Å². The van der Waals surface area contributed by atoms with Gasteiger partial charge in [0.2, 0.25) is 5.95 Å².